The highest BCUT2D eigenvalue weighted by Gasteiger charge is 2.50. The van der Waals surface area contributed by atoms with Crippen molar-refractivity contribution in [2.75, 3.05) is 18.6 Å². The Labute approximate surface area is 223 Å². The summed E-state index contributed by atoms with van der Waals surface area (Å²) in [6.45, 7) is 8.88. The molecule has 0 aromatic heterocycles. The molecule has 2 N–H and O–H groups in total. The minimum atomic E-state index is -2.75. The van der Waals surface area contributed by atoms with Crippen molar-refractivity contribution in [2.24, 2.45) is 11.8 Å². The number of carbonyl (C=O) groups excluding carboxylic acids is 1. The molecule has 0 spiro atoms. The fourth-order valence-corrected chi connectivity index (χ4v) is 4.78. The first kappa shape index (κ1) is 29.3. The number of halogens is 2. The molecule has 1 atom stereocenters. The minimum absolute atomic E-state index is 0.0882. The van der Waals surface area contributed by atoms with Gasteiger partial charge in [0.25, 0.3) is 0 Å². The van der Waals surface area contributed by atoms with Gasteiger partial charge >= 0.3 is 5.97 Å². The van der Waals surface area contributed by atoms with Crippen LogP contribution in [-0.4, -0.2) is 37.1 Å². The molecule has 1 saturated carbocycles. The number of rotatable bonds is 13. The van der Waals surface area contributed by atoms with Crippen molar-refractivity contribution in [3.63, 3.8) is 0 Å². The number of carboxylic acids is 1. The summed E-state index contributed by atoms with van der Waals surface area (Å²) in [7, 11) is 1.77. The van der Waals surface area contributed by atoms with Crippen LogP contribution in [0.15, 0.2) is 54.2 Å². The third-order valence-electron chi connectivity index (χ3n) is 7.38. The van der Waals surface area contributed by atoms with E-state index in [-0.39, 0.29) is 18.4 Å². The summed E-state index contributed by atoms with van der Waals surface area (Å²) in [5.41, 5.74) is 2.21. The second kappa shape index (κ2) is 12.1. The quantitative estimate of drug-likeness (QED) is 0.294. The van der Waals surface area contributed by atoms with Crippen molar-refractivity contribution < 1.29 is 28.2 Å². The van der Waals surface area contributed by atoms with Crippen molar-refractivity contribution >= 4 is 18.1 Å². The standard InChI is InChI=1S/C30H38F2N2O4/c1-6-21-15-24(9-12-27(21)38-14-13-20(2)3)29(4,33-5)26(23-16-30(31,32)17-23)18-34(19-35)25-10-7-22(8-11-25)28(36)37/h7-12,15,18-20,23,33H,6,13-14,16-17H2,1-5H3,(H,36,37)/b26-18-. The maximum absolute atomic E-state index is 14.0. The Balaban J connectivity index is 2.04. The van der Waals surface area contributed by atoms with Gasteiger partial charge in [-0.15, -0.1) is 0 Å². The molecule has 1 unspecified atom stereocenters. The average Bonchev–Trinajstić information content (AvgIpc) is 2.87. The topological polar surface area (TPSA) is 78.9 Å². The number of alkyl halides is 2. The molecule has 2 aromatic rings. The minimum Gasteiger partial charge on any atom is -0.493 e. The molecule has 0 bridgehead atoms. The van der Waals surface area contributed by atoms with Crippen LogP contribution in [0, 0.1) is 11.8 Å². The lowest BCUT2D eigenvalue weighted by atomic mass is 9.68. The number of hydrogen-bond acceptors (Lipinski definition) is 4. The molecule has 206 valence electrons. The molecular formula is C30H38F2N2O4. The van der Waals surface area contributed by atoms with Gasteiger partial charge in [-0.05, 0) is 91.7 Å². The van der Waals surface area contributed by atoms with Crippen LogP contribution in [0.4, 0.5) is 14.5 Å². The van der Waals surface area contributed by atoms with Crippen LogP contribution in [0.1, 0.15) is 68.4 Å². The SMILES string of the molecule is CCc1cc(C(C)(NC)/C(=C\N(C=O)c2ccc(C(=O)O)cc2)C2CC(F)(F)C2)ccc1OCCC(C)C. The summed E-state index contributed by atoms with van der Waals surface area (Å²) in [4.78, 5) is 24.7. The van der Waals surface area contributed by atoms with Crippen LogP contribution >= 0.6 is 0 Å². The van der Waals surface area contributed by atoms with Gasteiger partial charge in [-0.3, -0.25) is 9.69 Å². The van der Waals surface area contributed by atoms with Crippen LogP contribution in [0.2, 0.25) is 0 Å². The second-order valence-electron chi connectivity index (χ2n) is 10.5. The molecule has 8 heteroatoms. The van der Waals surface area contributed by atoms with E-state index in [0.717, 1.165) is 29.7 Å². The van der Waals surface area contributed by atoms with Gasteiger partial charge in [0.2, 0.25) is 12.3 Å². The summed E-state index contributed by atoms with van der Waals surface area (Å²) >= 11 is 0. The zero-order chi connectivity index (χ0) is 28.1. The van der Waals surface area contributed by atoms with Crippen molar-refractivity contribution in [2.45, 2.75) is 64.8 Å². The Morgan fingerprint density at radius 1 is 1.24 bits per heavy atom. The van der Waals surface area contributed by atoms with Crippen molar-refractivity contribution in [1.82, 2.24) is 5.32 Å². The summed E-state index contributed by atoms with van der Waals surface area (Å²) < 4.78 is 34.1. The molecule has 3 rings (SSSR count). The van der Waals surface area contributed by atoms with E-state index in [4.69, 9.17) is 4.74 Å². The summed E-state index contributed by atoms with van der Waals surface area (Å²) in [5.74, 6) is -2.94. The first-order valence-electron chi connectivity index (χ1n) is 13.1. The van der Waals surface area contributed by atoms with E-state index < -0.39 is 23.3 Å². The lowest BCUT2D eigenvalue weighted by molar-refractivity contribution is -0.107. The predicted molar refractivity (Wildman–Crippen MR) is 145 cm³/mol. The molecule has 1 amide bonds. The second-order valence-corrected chi connectivity index (χ2v) is 10.5. The molecule has 0 aliphatic heterocycles. The number of hydrogen-bond donors (Lipinski definition) is 2. The molecule has 38 heavy (non-hydrogen) atoms. The van der Waals surface area contributed by atoms with Gasteiger partial charge < -0.3 is 15.2 Å². The van der Waals surface area contributed by atoms with E-state index in [1.165, 1.54) is 29.2 Å². The van der Waals surface area contributed by atoms with Crippen LogP contribution in [0.25, 0.3) is 0 Å². The smallest absolute Gasteiger partial charge is 0.335 e. The Hall–Kier alpha value is -3.26. The molecule has 0 heterocycles. The zero-order valence-corrected chi connectivity index (χ0v) is 22.8. The van der Waals surface area contributed by atoms with Gasteiger partial charge in [0, 0.05) is 24.7 Å². The van der Waals surface area contributed by atoms with Gasteiger partial charge in [0.05, 0.1) is 17.7 Å². The predicted octanol–water partition coefficient (Wildman–Crippen LogP) is 6.40. The number of carbonyl (C=O) groups is 2. The lowest BCUT2D eigenvalue weighted by Crippen LogP contribution is -2.47. The fraction of sp³-hybridized carbons (Fsp3) is 0.467. The molecule has 1 aliphatic rings. The van der Waals surface area contributed by atoms with E-state index in [1.807, 2.05) is 32.0 Å². The Bertz CT molecular complexity index is 1160. The van der Waals surface area contributed by atoms with Gasteiger partial charge in [0.15, 0.2) is 0 Å². The average molecular weight is 529 g/mol. The molecule has 6 nitrogen and oxygen atoms in total. The summed E-state index contributed by atoms with van der Waals surface area (Å²) in [6.07, 6.45) is 3.28. The molecule has 1 fully saturated rings. The van der Waals surface area contributed by atoms with Crippen LogP contribution in [0.5, 0.6) is 5.75 Å². The fourth-order valence-electron chi connectivity index (χ4n) is 4.78. The van der Waals surface area contributed by atoms with Crippen LogP contribution < -0.4 is 15.0 Å². The largest absolute Gasteiger partial charge is 0.493 e. The highest BCUT2D eigenvalue weighted by molar-refractivity contribution is 5.89. The van der Waals surface area contributed by atoms with Gasteiger partial charge in [-0.1, -0.05) is 26.8 Å². The van der Waals surface area contributed by atoms with Gasteiger partial charge in [0.1, 0.15) is 5.75 Å². The molecule has 2 aromatic carbocycles. The van der Waals surface area contributed by atoms with E-state index in [1.54, 1.807) is 13.2 Å². The number of nitrogens with one attached hydrogen (secondary N) is 1. The number of amides is 1. The van der Waals surface area contributed by atoms with Gasteiger partial charge in [-0.2, -0.15) is 0 Å². The lowest BCUT2D eigenvalue weighted by Gasteiger charge is -2.44. The van der Waals surface area contributed by atoms with E-state index in [2.05, 4.69) is 19.2 Å². The molecular weight excluding hydrogens is 490 g/mol. The molecule has 0 saturated heterocycles. The monoisotopic (exact) mass is 528 g/mol. The van der Waals surface area contributed by atoms with Crippen LogP contribution in [-0.2, 0) is 16.8 Å². The summed E-state index contributed by atoms with van der Waals surface area (Å²) in [5, 5.41) is 12.5. The van der Waals surface area contributed by atoms with E-state index >= 15 is 0 Å². The van der Waals surface area contributed by atoms with E-state index in [9.17, 15) is 23.5 Å². The zero-order valence-electron chi connectivity index (χ0n) is 22.8. The maximum Gasteiger partial charge on any atom is 0.335 e. The molecule has 0 radical (unpaired) electrons. The first-order chi connectivity index (χ1) is 17.9. The normalized spacial score (nSPS) is 17.0. The number of benzene rings is 2. The molecule has 1 aliphatic carbocycles. The third kappa shape index (κ3) is 6.59. The van der Waals surface area contributed by atoms with Crippen molar-refractivity contribution in [1.29, 1.82) is 0 Å². The Morgan fingerprint density at radius 3 is 2.39 bits per heavy atom. The third-order valence-corrected chi connectivity index (χ3v) is 7.38. The number of carboxylic acid groups (broad SMARTS) is 1. The highest BCUT2D eigenvalue weighted by Crippen LogP contribution is 2.51. The van der Waals surface area contributed by atoms with Crippen LogP contribution in [0.3, 0.4) is 0 Å². The number of aromatic carboxylic acids is 1. The van der Waals surface area contributed by atoms with Crippen molar-refractivity contribution in [3.05, 3.63) is 70.9 Å². The first-order valence-corrected chi connectivity index (χ1v) is 13.1. The maximum atomic E-state index is 14.0. The van der Waals surface area contributed by atoms with E-state index in [0.29, 0.717) is 30.2 Å². The number of anilines is 1. The Kier molecular flexibility index (Phi) is 9.31. The Morgan fingerprint density at radius 2 is 1.89 bits per heavy atom. The number of aryl methyl sites for hydroxylation is 1. The van der Waals surface area contributed by atoms with Crippen molar-refractivity contribution in [3.8, 4) is 5.75 Å². The number of ether oxygens (including phenoxy) is 1. The van der Waals surface area contributed by atoms with Gasteiger partial charge in [-0.25, -0.2) is 13.6 Å². The summed E-state index contributed by atoms with van der Waals surface area (Å²) in [6, 6.07) is 11.8. The highest BCUT2D eigenvalue weighted by atomic mass is 19.3. The number of likely N-dealkylation sites (N-methyl/N-ethyl adjacent to an activating group) is 1. The number of nitrogens with zero attached hydrogens (tertiary/aromatic N) is 1.